The summed E-state index contributed by atoms with van der Waals surface area (Å²) in [5.74, 6) is -2.75. The number of benzene rings is 2. The van der Waals surface area contributed by atoms with Crippen molar-refractivity contribution in [1.29, 1.82) is 0 Å². The Kier molecular flexibility index (Phi) is 8.16. The second-order valence-corrected chi connectivity index (χ2v) is 8.03. The van der Waals surface area contributed by atoms with Crippen LogP contribution in [0.1, 0.15) is 46.5 Å². The monoisotopic (exact) mass is 495 g/mol. The van der Waals surface area contributed by atoms with Crippen molar-refractivity contribution in [3.63, 3.8) is 0 Å². The number of nitrogens with zero attached hydrogens (tertiary/aromatic N) is 1. The summed E-state index contributed by atoms with van der Waals surface area (Å²) in [4.78, 5) is 16.1. The molecular formula is C25H23F6N3O. The molecule has 3 aromatic rings. The molecule has 2 aromatic carbocycles. The average molecular weight is 495 g/mol. The van der Waals surface area contributed by atoms with Gasteiger partial charge in [0.2, 0.25) is 5.91 Å². The third-order valence-electron chi connectivity index (χ3n) is 5.57. The number of hydrogen-bond donors (Lipinski definition) is 2. The predicted octanol–water partition coefficient (Wildman–Crippen LogP) is 5.58. The summed E-state index contributed by atoms with van der Waals surface area (Å²) in [6, 6.07) is 7.51. The molecule has 0 aliphatic heterocycles. The zero-order valence-corrected chi connectivity index (χ0v) is 18.9. The van der Waals surface area contributed by atoms with E-state index in [0.29, 0.717) is 22.8 Å². The lowest BCUT2D eigenvalue weighted by atomic mass is 9.95. The van der Waals surface area contributed by atoms with E-state index in [1.54, 1.807) is 13.0 Å². The first-order valence-electron chi connectivity index (χ1n) is 10.7. The van der Waals surface area contributed by atoms with Crippen molar-refractivity contribution in [1.82, 2.24) is 15.6 Å². The SMILES string of the molecule is CNC(=O)C(N[C@H](CCc1ccc(C(F)(F)F)nc1)c1ccc(F)c(C)c1)c1ccc(F)cc1F. The fraction of sp³-hybridized carbons (Fsp3) is 0.280. The van der Waals surface area contributed by atoms with Crippen molar-refractivity contribution < 1.29 is 31.1 Å². The van der Waals surface area contributed by atoms with E-state index in [2.05, 4.69) is 15.6 Å². The van der Waals surface area contributed by atoms with E-state index in [1.165, 1.54) is 25.2 Å². The van der Waals surface area contributed by atoms with Crippen LogP contribution < -0.4 is 10.6 Å². The summed E-state index contributed by atoms with van der Waals surface area (Å²) in [6.07, 6.45) is -2.93. The van der Waals surface area contributed by atoms with Crippen LogP contribution in [0.2, 0.25) is 0 Å². The Hall–Kier alpha value is -3.40. The molecule has 0 radical (unpaired) electrons. The fourth-order valence-corrected chi connectivity index (χ4v) is 3.67. The summed E-state index contributed by atoms with van der Waals surface area (Å²) in [5, 5.41) is 5.49. The topological polar surface area (TPSA) is 54.0 Å². The highest BCUT2D eigenvalue weighted by atomic mass is 19.4. The number of aryl methyl sites for hydroxylation is 2. The highest BCUT2D eigenvalue weighted by Gasteiger charge is 2.32. The molecule has 1 unspecified atom stereocenters. The van der Waals surface area contributed by atoms with E-state index in [1.807, 2.05) is 0 Å². The molecule has 0 aliphatic rings. The van der Waals surface area contributed by atoms with E-state index in [0.717, 1.165) is 24.4 Å². The number of pyridine rings is 1. The number of carbonyl (C=O) groups excluding carboxylic acids is 1. The third kappa shape index (κ3) is 6.60. The zero-order valence-electron chi connectivity index (χ0n) is 18.9. The van der Waals surface area contributed by atoms with Crippen molar-refractivity contribution in [3.05, 3.63) is 100 Å². The highest BCUT2D eigenvalue weighted by molar-refractivity contribution is 5.83. The molecule has 2 N–H and O–H groups in total. The molecule has 1 amide bonds. The summed E-state index contributed by atoms with van der Waals surface area (Å²) in [6.45, 7) is 1.56. The minimum atomic E-state index is -4.56. The van der Waals surface area contributed by atoms with Gasteiger partial charge >= 0.3 is 6.18 Å². The van der Waals surface area contributed by atoms with Gasteiger partial charge in [0.1, 0.15) is 29.2 Å². The minimum Gasteiger partial charge on any atom is -0.358 e. The Morgan fingerprint density at radius 3 is 2.31 bits per heavy atom. The number of aromatic nitrogens is 1. The Morgan fingerprint density at radius 2 is 1.74 bits per heavy atom. The lowest BCUT2D eigenvalue weighted by Crippen LogP contribution is -2.38. The Morgan fingerprint density at radius 1 is 1.00 bits per heavy atom. The van der Waals surface area contributed by atoms with E-state index < -0.39 is 47.3 Å². The third-order valence-corrected chi connectivity index (χ3v) is 5.57. The van der Waals surface area contributed by atoms with Crippen LogP contribution >= 0.6 is 0 Å². The summed E-state index contributed by atoms with van der Waals surface area (Å²) >= 11 is 0. The van der Waals surface area contributed by atoms with Crippen LogP contribution in [0.5, 0.6) is 0 Å². The lowest BCUT2D eigenvalue weighted by molar-refractivity contribution is -0.141. The van der Waals surface area contributed by atoms with E-state index in [-0.39, 0.29) is 18.4 Å². The van der Waals surface area contributed by atoms with E-state index in [9.17, 15) is 31.1 Å². The van der Waals surface area contributed by atoms with Gasteiger partial charge in [-0.25, -0.2) is 13.2 Å². The Balaban J connectivity index is 1.92. The minimum absolute atomic E-state index is 0.0919. The number of likely N-dealkylation sites (N-methyl/N-ethyl adjacent to an activating group) is 1. The number of amides is 1. The van der Waals surface area contributed by atoms with Gasteiger partial charge in [0, 0.05) is 30.9 Å². The molecule has 3 rings (SSSR count). The zero-order chi connectivity index (χ0) is 25.8. The number of nitrogens with one attached hydrogen (secondary N) is 2. The van der Waals surface area contributed by atoms with Crippen LogP contribution in [0.4, 0.5) is 26.3 Å². The molecule has 10 heteroatoms. The van der Waals surface area contributed by atoms with E-state index in [4.69, 9.17) is 0 Å². The predicted molar refractivity (Wildman–Crippen MR) is 118 cm³/mol. The van der Waals surface area contributed by atoms with Crippen LogP contribution in [-0.4, -0.2) is 17.9 Å². The van der Waals surface area contributed by atoms with Gasteiger partial charge in [0.15, 0.2) is 0 Å². The second-order valence-electron chi connectivity index (χ2n) is 8.03. The van der Waals surface area contributed by atoms with Crippen molar-refractivity contribution >= 4 is 5.91 Å². The molecule has 2 atom stereocenters. The molecular weight excluding hydrogens is 472 g/mol. The molecule has 0 spiro atoms. The molecule has 0 saturated heterocycles. The van der Waals surface area contributed by atoms with Gasteiger partial charge in [-0.1, -0.05) is 24.3 Å². The van der Waals surface area contributed by atoms with Crippen LogP contribution in [-0.2, 0) is 17.4 Å². The van der Waals surface area contributed by atoms with Gasteiger partial charge in [0.05, 0.1) is 0 Å². The van der Waals surface area contributed by atoms with Crippen LogP contribution in [0.25, 0.3) is 0 Å². The largest absolute Gasteiger partial charge is 0.433 e. The molecule has 0 bridgehead atoms. The fourth-order valence-electron chi connectivity index (χ4n) is 3.67. The maximum Gasteiger partial charge on any atom is 0.433 e. The quantitative estimate of drug-likeness (QED) is 0.402. The van der Waals surface area contributed by atoms with Crippen molar-refractivity contribution in [3.8, 4) is 0 Å². The normalized spacial score (nSPS) is 13.4. The molecule has 1 aromatic heterocycles. The molecule has 0 saturated carbocycles. The molecule has 4 nitrogen and oxygen atoms in total. The average Bonchev–Trinajstić information content (AvgIpc) is 2.81. The number of alkyl halides is 3. The van der Waals surface area contributed by atoms with Gasteiger partial charge in [-0.05, 0) is 54.7 Å². The van der Waals surface area contributed by atoms with Crippen molar-refractivity contribution in [2.45, 2.75) is 38.0 Å². The number of hydrogen-bond acceptors (Lipinski definition) is 3. The molecule has 0 fully saturated rings. The maximum absolute atomic E-state index is 14.5. The highest BCUT2D eigenvalue weighted by Crippen LogP contribution is 2.29. The smallest absolute Gasteiger partial charge is 0.358 e. The standard InChI is InChI=1S/C25H23F6N3O/c1-14-11-16(5-8-19(14)27)21(9-3-15-4-10-22(33-13-15)25(29,30)31)34-23(24(35)32-2)18-7-6-17(26)12-20(18)28/h4-8,10-13,21,23,34H,3,9H2,1-2H3,(H,32,35)/t21-,23?/m1/s1. The number of halogens is 6. The number of rotatable bonds is 8. The van der Waals surface area contributed by atoms with Crippen molar-refractivity contribution in [2.75, 3.05) is 7.05 Å². The van der Waals surface area contributed by atoms with Crippen LogP contribution in [0, 0.1) is 24.4 Å². The Bertz CT molecular complexity index is 1180. The van der Waals surface area contributed by atoms with E-state index >= 15 is 0 Å². The molecule has 186 valence electrons. The first kappa shape index (κ1) is 26.2. The molecule has 0 aliphatic carbocycles. The van der Waals surface area contributed by atoms with Crippen LogP contribution in [0.15, 0.2) is 54.7 Å². The summed E-state index contributed by atoms with van der Waals surface area (Å²) in [7, 11) is 1.36. The van der Waals surface area contributed by atoms with Gasteiger partial charge < -0.3 is 5.32 Å². The maximum atomic E-state index is 14.5. The lowest BCUT2D eigenvalue weighted by Gasteiger charge is -2.26. The van der Waals surface area contributed by atoms with Crippen molar-refractivity contribution in [2.24, 2.45) is 0 Å². The molecule has 1 heterocycles. The first-order chi connectivity index (χ1) is 16.5. The van der Waals surface area contributed by atoms with Gasteiger partial charge in [0.25, 0.3) is 0 Å². The summed E-state index contributed by atoms with van der Waals surface area (Å²) in [5.41, 5.74) is 0.325. The first-order valence-corrected chi connectivity index (χ1v) is 10.7. The number of carbonyl (C=O) groups is 1. The van der Waals surface area contributed by atoms with Gasteiger partial charge in [-0.15, -0.1) is 0 Å². The van der Waals surface area contributed by atoms with Gasteiger partial charge in [-0.3, -0.25) is 15.1 Å². The van der Waals surface area contributed by atoms with Crippen LogP contribution in [0.3, 0.4) is 0 Å². The summed E-state index contributed by atoms with van der Waals surface area (Å²) < 4.78 is 80.3. The molecule has 35 heavy (non-hydrogen) atoms. The van der Waals surface area contributed by atoms with Gasteiger partial charge in [-0.2, -0.15) is 13.2 Å². The Labute approximate surface area is 198 Å². The second kappa shape index (κ2) is 10.9.